The predicted molar refractivity (Wildman–Crippen MR) is 76.4 cm³/mol. The van der Waals surface area contributed by atoms with Gasteiger partial charge in [0.2, 0.25) is 0 Å². The molecule has 0 unspecified atom stereocenters. The summed E-state index contributed by atoms with van der Waals surface area (Å²) in [7, 11) is 0. The molecule has 0 fully saturated rings. The van der Waals surface area contributed by atoms with Gasteiger partial charge < -0.3 is 15.6 Å². The summed E-state index contributed by atoms with van der Waals surface area (Å²) in [6.45, 7) is 0. The second kappa shape index (κ2) is 4.89. The Bertz CT molecular complexity index is 679. The SMILES string of the molecule is Nc1c(Oc2ccc3c(c2)CCC3)cccc1C(=O)O. The first kappa shape index (κ1) is 12.5. The van der Waals surface area contributed by atoms with E-state index >= 15 is 0 Å². The molecule has 0 bridgehead atoms. The Morgan fingerprint density at radius 3 is 2.75 bits per heavy atom. The number of benzene rings is 2. The lowest BCUT2D eigenvalue weighted by atomic mass is 10.1. The second-order valence-corrected chi connectivity index (χ2v) is 4.91. The zero-order chi connectivity index (χ0) is 14.1. The molecule has 0 heterocycles. The van der Waals surface area contributed by atoms with Gasteiger partial charge in [0.05, 0.1) is 11.3 Å². The molecular weight excluding hydrogens is 254 g/mol. The number of anilines is 1. The number of para-hydroxylation sites is 1. The van der Waals surface area contributed by atoms with E-state index in [2.05, 4.69) is 6.07 Å². The van der Waals surface area contributed by atoms with E-state index in [0.717, 1.165) is 12.8 Å². The van der Waals surface area contributed by atoms with Crippen LogP contribution >= 0.6 is 0 Å². The van der Waals surface area contributed by atoms with Crippen molar-refractivity contribution in [2.75, 3.05) is 5.73 Å². The number of rotatable bonds is 3. The molecular formula is C16H15NO3. The van der Waals surface area contributed by atoms with Crippen molar-refractivity contribution in [2.45, 2.75) is 19.3 Å². The molecule has 1 aliphatic carbocycles. The monoisotopic (exact) mass is 269 g/mol. The molecule has 0 aliphatic heterocycles. The highest BCUT2D eigenvalue weighted by Gasteiger charge is 2.14. The van der Waals surface area contributed by atoms with E-state index in [1.807, 2.05) is 12.1 Å². The molecule has 2 aromatic carbocycles. The van der Waals surface area contributed by atoms with E-state index in [-0.39, 0.29) is 11.3 Å². The number of carbonyl (C=O) groups is 1. The zero-order valence-corrected chi connectivity index (χ0v) is 10.9. The van der Waals surface area contributed by atoms with Gasteiger partial charge in [0.15, 0.2) is 5.75 Å². The fraction of sp³-hybridized carbons (Fsp3) is 0.188. The largest absolute Gasteiger partial charge is 0.478 e. The van der Waals surface area contributed by atoms with Gasteiger partial charge in [-0.2, -0.15) is 0 Å². The molecule has 0 amide bonds. The Morgan fingerprint density at radius 1 is 1.15 bits per heavy atom. The fourth-order valence-corrected chi connectivity index (χ4v) is 2.56. The van der Waals surface area contributed by atoms with Crippen molar-refractivity contribution >= 4 is 11.7 Å². The van der Waals surface area contributed by atoms with Crippen molar-refractivity contribution in [3.8, 4) is 11.5 Å². The van der Waals surface area contributed by atoms with E-state index in [9.17, 15) is 4.79 Å². The summed E-state index contributed by atoms with van der Waals surface area (Å²) in [6, 6.07) is 10.7. The van der Waals surface area contributed by atoms with Crippen molar-refractivity contribution in [2.24, 2.45) is 0 Å². The van der Waals surface area contributed by atoms with Gasteiger partial charge in [-0.3, -0.25) is 0 Å². The van der Waals surface area contributed by atoms with Crippen molar-refractivity contribution in [1.29, 1.82) is 0 Å². The van der Waals surface area contributed by atoms with E-state index in [1.54, 1.807) is 12.1 Å². The number of hydrogen-bond acceptors (Lipinski definition) is 3. The number of nitrogens with two attached hydrogens (primary N) is 1. The van der Waals surface area contributed by atoms with Crippen molar-refractivity contribution < 1.29 is 14.6 Å². The van der Waals surface area contributed by atoms with Crippen molar-refractivity contribution in [3.05, 3.63) is 53.1 Å². The third kappa shape index (κ3) is 2.20. The lowest BCUT2D eigenvalue weighted by Crippen LogP contribution is -2.03. The number of hydrogen-bond donors (Lipinski definition) is 2. The third-order valence-corrected chi connectivity index (χ3v) is 3.59. The molecule has 0 radical (unpaired) electrons. The highest BCUT2D eigenvalue weighted by Crippen LogP contribution is 2.32. The average molecular weight is 269 g/mol. The summed E-state index contributed by atoms with van der Waals surface area (Å²) in [5.41, 5.74) is 8.72. The maximum Gasteiger partial charge on any atom is 0.337 e. The maximum absolute atomic E-state index is 11.0. The molecule has 3 N–H and O–H groups in total. The second-order valence-electron chi connectivity index (χ2n) is 4.91. The molecule has 0 saturated heterocycles. The Kier molecular flexibility index (Phi) is 3.06. The number of nitrogen functional groups attached to an aromatic ring is 1. The number of aromatic carboxylic acids is 1. The summed E-state index contributed by atoms with van der Waals surface area (Å²) in [6.07, 6.45) is 3.36. The number of fused-ring (bicyclic) bond motifs is 1. The van der Waals surface area contributed by atoms with E-state index in [4.69, 9.17) is 15.6 Å². The van der Waals surface area contributed by atoms with Crippen LogP contribution in [-0.4, -0.2) is 11.1 Å². The van der Waals surface area contributed by atoms with Crippen molar-refractivity contribution in [3.63, 3.8) is 0 Å². The third-order valence-electron chi connectivity index (χ3n) is 3.59. The molecule has 0 aromatic heterocycles. The van der Waals surface area contributed by atoms with E-state index in [1.165, 1.54) is 23.6 Å². The zero-order valence-electron chi connectivity index (χ0n) is 10.9. The Morgan fingerprint density at radius 2 is 1.95 bits per heavy atom. The van der Waals surface area contributed by atoms with Gasteiger partial charge in [0, 0.05) is 0 Å². The van der Waals surface area contributed by atoms with Crippen LogP contribution in [0.25, 0.3) is 0 Å². The van der Waals surface area contributed by atoms with Gasteiger partial charge in [-0.15, -0.1) is 0 Å². The predicted octanol–water partition coefficient (Wildman–Crippen LogP) is 3.25. The first-order valence-electron chi connectivity index (χ1n) is 6.56. The highest BCUT2D eigenvalue weighted by molar-refractivity contribution is 5.95. The van der Waals surface area contributed by atoms with Gasteiger partial charge in [0.25, 0.3) is 0 Å². The molecule has 20 heavy (non-hydrogen) atoms. The van der Waals surface area contributed by atoms with E-state index < -0.39 is 5.97 Å². The van der Waals surface area contributed by atoms with Crippen LogP contribution in [0.15, 0.2) is 36.4 Å². The molecule has 2 aromatic rings. The molecule has 4 heteroatoms. The van der Waals surface area contributed by atoms with Crippen molar-refractivity contribution in [1.82, 2.24) is 0 Å². The van der Waals surface area contributed by atoms with Gasteiger partial charge in [-0.05, 0) is 54.7 Å². The van der Waals surface area contributed by atoms with Crippen LogP contribution < -0.4 is 10.5 Å². The van der Waals surface area contributed by atoms with Gasteiger partial charge in [-0.25, -0.2) is 4.79 Å². The number of aryl methyl sites for hydroxylation is 2. The van der Waals surface area contributed by atoms with Gasteiger partial charge in [-0.1, -0.05) is 12.1 Å². The highest BCUT2D eigenvalue weighted by atomic mass is 16.5. The van der Waals surface area contributed by atoms with Crippen LogP contribution in [0.3, 0.4) is 0 Å². The van der Waals surface area contributed by atoms with E-state index in [0.29, 0.717) is 11.5 Å². The van der Waals surface area contributed by atoms with Crippen LogP contribution in [0, 0.1) is 0 Å². The number of carboxylic acid groups (broad SMARTS) is 1. The smallest absolute Gasteiger partial charge is 0.337 e. The normalized spacial score (nSPS) is 13.0. The number of ether oxygens (including phenoxy) is 1. The molecule has 102 valence electrons. The lowest BCUT2D eigenvalue weighted by molar-refractivity contribution is 0.0697. The van der Waals surface area contributed by atoms with Crippen LogP contribution in [0.4, 0.5) is 5.69 Å². The molecule has 1 aliphatic rings. The molecule has 3 rings (SSSR count). The first-order chi connectivity index (χ1) is 9.65. The Hall–Kier alpha value is -2.49. The standard InChI is InChI=1S/C16H15NO3/c17-15-13(16(18)19)5-2-6-14(15)20-12-8-7-10-3-1-4-11(10)9-12/h2,5-9H,1,3-4,17H2,(H,18,19). The van der Waals surface area contributed by atoms with Gasteiger partial charge in [0.1, 0.15) is 5.75 Å². The summed E-state index contributed by atoms with van der Waals surface area (Å²) >= 11 is 0. The van der Waals surface area contributed by atoms with Crippen LogP contribution in [0.5, 0.6) is 11.5 Å². The Labute approximate surface area is 116 Å². The Balaban J connectivity index is 1.92. The number of carboxylic acids is 1. The molecule has 4 nitrogen and oxygen atoms in total. The average Bonchev–Trinajstić information content (AvgIpc) is 2.88. The summed E-state index contributed by atoms with van der Waals surface area (Å²) < 4.78 is 5.74. The maximum atomic E-state index is 11.0. The fourth-order valence-electron chi connectivity index (χ4n) is 2.56. The first-order valence-corrected chi connectivity index (χ1v) is 6.56. The molecule has 0 saturated carbocycles. The topological polar surface area (TPSA) is 72.5 Å². The van der Waals surface area contributed by atoms with Crippen LogP contribution in [0.2, 0.25) is 0 Å². The minimum absolute atomic E-state index is 0.0589. The minimum atomic E-state index is -1.05. The molecule has 0 atom stereocenters. The van der Waals surface area contributed by atoms with Gasteiger partial charge >= 0.3 is 5.97 Å². The minimum Gasteiger partial charge on any atom is -0.478 e. The summed E-state index contributed by atoms with van der Waals surface area (Å²) in [5, 5.41) is 9.05. The summed E-state index contributed by atoms with van der Waals surface area (Å²) in [4.78, 5) is 11.0. The molecule has 0 spiro atoms. The van der Waals surface area contributed by atoms with Crippen LogP contribution in [0.1, 0.15) is 27.9 Å². The lowest BCUT2D eigenvalue weighted by Gasteiger charge is -2.11. The summed E-state index contributed by atoms with van der Waals surface area (Å²) in [5.74, 6) is 0.0182. The quantitative estimate of drug-likeness (QED) is 0.839. The van der Waals surface area contributed by atoms with Crippen LogP contribution in [-0.2, 0) is 12.8 Å².